The molecule has 2 heterocycles. The number of benzene rings is 1. The van der Waals surface area contributed by atoms with Gasteiger partial charge in [-0.25, -0.2) is 0 Å². The van der Waals surface area contributed by atoms with Gasteiger partial charge in [0.15, 0.2) is 0 Å². The third-order valence-corrected chi connectivity index (χ3v) is 7.52. The summed E-state index contributed by atoms with van der Waals surface area (Å²) < 4.78 is 5.35. The lowest BCUT2D eigenvalue weighted by Crippen LogP contribution is -2.52. The number of ether oxygens (including phenoxy) is 1. The maximum Gasteiger partial charge on any atom is 0.245 e. The molecule has 1 aliphatic carbocycles. The molecule has 5 heteroatoms. The Kier molecular flexibility index (Phi) is 7.52. The van der Waals surface area contributed by atoms with Crippen molar-refractivity contribution in [2.24, 2.45) is 5.92 Å². The normalized spacial score (nSPS) is 23.5. The summed E-state index contributed by atoms with van der Waals surface area (Å²) >= 11 is 0. The number of fused-ring (bicyclic) bond motifs is 1. The molecular weight excluding hydrogens is 388 g/mol. The van der Waals surface area contributed by atoms with Gasteiger partial charge in [-0.05, 0) is 87.0 Å². The molecule has 2 unspecified atom stereocenters. The van der Waals surface area contributed by atoms with Crippen LogP contribution in [0.2, 0.25) is 0 Å². The van der Waals surface area contributed by atoms with E-state index in [4.69, 9.17) is 4.74 Å². The first-order valence-electron chi connectivity index (χ1n) is 12.4. The van der Waals surface area contributed by atoms with Gasteiger partial charge in [0.2, 0.25) is 11.8 Å². The summed E-state index contributed by atoms with van der Waals surface area (Å²) in [6.07, 6.45) is 12.4. The summed E-state index contributed by atoms with van der Waals surface area (Å²) in [6, 6.07) is 6.27. The molecule has 0 bridgehead atoms. The molecule has 0 spiro atoms. The average molecular weight is 427 g/mol. The standard InChI is InChI=1S/C26H38N2O3/c1-31-23-14-13-21-18-20(11-12-22(21)19-23)8-2-3-10-25(29)28-17-5-4-9-24(28)26(30)27-15-6-7-16-27/h13-14,19-20,24H,2-12,15-18H2,1H3. The number of methoxy groups -OCH3 is 1. The van der Waals surface area contributed by atoms with Crippen molar-refractivity contribution < 1.29 is 14.3 Å². The lowest BCUT2D eigenvalue weighted by Gasteiger charge is -2.37. The van der Waals surface area contributed by atoms with Gasteiger partial charge in [0, 0.05) is 26.1 Å². The van der Waals surface area contributed by atoms with Crippen LogP contribution in [0.3, 0.4) is 0 Å². The molecule has 0 N–H and O–H groups in total. The van der Waals surface area contributed by atoms with Crippen LogP contribution in [-0.2, 0) is 22.4 Å². The quantitative estimate of drug-likeness (QED) is 0.609. The molecule has 2 atom stereocenters. The molecule has 2 aliphatic heterocycles. The van der Waals surface area contributed by atoms with Crippen molar-refractivity contribution in [2.75, 3.05) is 26.7 Å². The van der Waals surface area contributed by atoms with E-state index in [1.165, 1.54) is 24.0 Å². The fourth-order valence-corrected chi connectivity index (χ4v) is 5.67. The van der Waals surface area contributed by atoms with Gasteiger partial charge in [0.25, 0.3) is 0 Å². The van der Waals surface area contributed by atoms with Crippen LogP contribution >= 0.6 is 0 Å². The second kappa shape index (κ2) is 10.5. The zero-order valence-electron chi connectivity index (χ0n) is 19.1. The third kappa shape index (κ3) is 5.42. The summed E-state index contributed by atoms with van der Waals surface area (Å²) in [5.41, 5.74) is 2.90. The summed E-state index contributed by atoms with van der Waals surface area (Å²) in [5.74, 6) is 2.06. The van der Waals surface area contributed by atoms with E-state index in [1.54, 1.807) is 7.11 Å². The number of likely N-dealkylation sites (tertiary alicyclic amines) is 2. The van der Waals surface area contributed by atoms with E-state index in [0.717, 1.165) is 89.1 Å². The monoisotopic (exact) mass is 426 g/mol. The van der Waals surface area contributed by atoms with Gasteiger partial charge in [0.1, 0.15) is 11.8 Å². The van der Waals surface area contributed by atoms with Crippen molar-refractivity contribution in [3.8, 4) is 5.75 Å². The van der Waals surface area contributed by atoms with E-state index in [0.29, 0.717) is 6.42 Å². The molecule has 1 aromatic carbocycles. The number of piperidine rings is 1. The maximum atomic E-state index is 12.9. The van der Waals surface area contributed by atoms with E-state index < -0.39 is 0 Å². The molecule has 2 fully saturated rings. The SMILES string of the molecule is COc1ccc2c(c1)CCC(CCCCC(=O)N1CCCCC1C(=O)N1CCCC1)C2. The lowest BCUT2D eigenvalue weighted by molar-refractivity contribution is -0.147. The van der Waals surface area contributed by atoms with Gasteiger partial charge < -0.3 is 14.5 Å². The number of amides is 2. The van der Waals surface area contributed by atoms with Crippen LogP contribution in [0.1, 0.15) is 75.3 Å². The minimum Gasteiger partial charge on any atom is -0.497 e. The number of aryl methyl sites for hydroxylation is 1. The van der Waals surface area contributed by atoms with Gasteiger partial charge in [-0.15, -0.1) is 0 Å². The Morgan fingerprint density at radius 3 is 2.61 bits per heavy atom. The minimum atomic E-state index is -0.203. The number of carbonyl (C=O) groups is 2. The number of hydrogen-bond acceptors (Lipinski definition) is 3. The Morgan fingerprint density at radius 2 is 1.81 bits per heavy atom. The van der Waals surface area contributed by atoms with Gasteiger partial charge in [-0.3, -0.25) is 9.59 Å². The van der Waals surface area contributed by atoms with E-state index in [-0.39, 0.29) is 17.9 Å². The molecule has 31 heavy (non-hydrogen) atoms. The maximum absolute atomic E-state index is 12.9. The minimum absolute atomic E-state index is 0.193. The zero-order valence-corrected chi connectivity index (χ0v) is 19.1. The highest BCUT2D eigenvalue weighted by Crippen LogP contribution is 2.31. The Labute approximate surface area is 187 Å². The first kappa shape index (κ1) is 22.2. The first-order chi connectivity index (χ1) is 15.2. The molecule has 0 radical (unpaired) electrons. The molecule has 0 saturated carbocycles. The van der Waals surface area contributed by atoms with E-state index in [2.05, 4.69) is 18.2 Å². The molecule has 0 aromatic heterocycles. The fourth-order valence-electron chi connectivity index (χ4n) is 5.67. The lowest BCUT2D eigenvalue weighted by atomic mass is 9.81. The Balaban J connectivity index is 1.22. The highest BCUT2D eigenvalue weighted by molar-refractivity contribution is 5.88. The van der Waals surface area contributed by atoms with Crippen LogP contribution in [0, 0.1) is 5.92 Å². The highest BCUT2D eigenvalue weighted by atomic mass is 16.5. The number of unbranched alkanes of at least 4 members (excludes halogenated alkanes) is 1. The van der Waals surface area contributed by atoms with Crippen molar-refractivity contribution in [1.82, 2.24) is 9.80 Å². The topological polar surface area (TPSA) is 49.9 Å². The molecule has 2 amide bonds. The van der Waals surface area contributed by atoms with Crippen LogP contribution < -0.4 is 4.74 Å². The second-order valence-corrected chi connectivity index (χ2v) is 9.62. The smallest absolute Gasteiger partial charge is 0.245 e. The Morgan fingerprint density at radius 1 is 1.00 bits per heavy atom. The van der Waals surface area contributed by atoms with Crippen LogP contribution in [0.15, 0.2) is 18.2 Å². The number of nitrogens with zero attached hydrogens (tertiary/aromatic N) is 2. The first-order valence-corrected chi connectivity index (χ1v) is 12.4. The predicted molar refractivity (Wildman–Crippen MR) is 122 cm³/mol. The van der Waals surface area contributed by atoms with Crippen LogP contribution in [0.5, 0.6) is 5.75 Å². The van der Waals surface area contributed by atoms with Crippen molar-refractivity contribution in [3.63, 3.8) is 0 Å². The third-order valence-electron chi connectivity index (χ3n) is 7.52. The van der Waals surface area contributed by atoms with Crippen LogP contribution in [-0.4, -0.2) is 54.4 Å². The second-order valence-electron chi connectivity index (χ2n) is 9.62. The van der Waals surface area contributed by atoms with Crippen LogP contribution in [0.4, 0.5) is 0 Å². The molecule has 3 aliphatic rings. The Bertz CT molecular complexity index is 772. The van der Waals surface area contributed by atoms with Crippen molar-refractivity contribution in [3.05, 3.63) is 29.3 Å². The summed E-state index contributed by atoms with van der Waals surface area (Å²) in [6.45, 7) is 2.50. The average Bonchev–Trinajstić information content (AvgIpc) is 3.36. The molecule has 5 nitrogen and oxygen atoms in total. The number of hydrogen-bond donors (Lipinski definition) is 0. The van der Waals surface area contributed by atoms with Crippen LogP contribution in [0.25, 0.3) is 0 Å². The van der Waals surface area contributed by atoms with Crippen molar-refractivity contribution in [2.45, 2.75) is 83.1 Å². The highest BCUT2D eigenvalue weighted by Gasteiger charge is 2.35. The van der Waals surface area contributed by atoms with E-state index in [1.807, 2.05) is 9.80 Å². The molecular formula is C26H38N2O3. The van der Waals surface area contributed by atoms with Gasteiger partial charge >= 0.3 is 0 Å². The number of carbonyl (C=O) groups excluding carboxylic acids is 2. The van der Waals surface area contributed by atoms with Crippen molar-refractivity contribution >= 4 is 11.8 Å². The van der Waals surface area contributed by atoms with Gasteiger partial charge in [-0.2, -0.15) is 0 Å². The van der Waals surface area contributed by atoms with E-state index in [9.17, 15) is 9.59 Å². The molecule has 2 saturated heterocycles. The molecule has 4 rings (SSSR count). The summed E-state index contributed by atoms with van der Waals surface area (Å²) in [7, 11) is 1.73. The summed E-state index contributed by atoms with van der Waals surface area (Å²) in [4.78, 5) is 29.8. The zero-order chi connectivity index (χ0) is 21.6. The number of rotatable bonds is 7. The largest absolute Gasteiger partial charge is 0.497 e. The predicted octanol–water partition coefficient (Wildman–Crippen LogP) is 4.36. The van der Waals surface area contributed by atoms with Gasteiger partial charge in [0.05, 0.1) is 7.11 Å². The van der Waals surface area contributed by atoms with Gasteiger partial charge in [-0.1, -0.05) is 18.9 Å². The molecule has 170 valence electrons. The van der Waals surface area contributed by atoms with E-state index >= 15 is 0 Å². The fraction of sp³-hybridized carbons (Fsp3) is 0.692. The molecule has 1 aromatic rings. The Hall–Kier alpha value is -2.04. The van der Waals surface area contributed by atoms with Crippen molar-refractivity contribution in [1.29, 1.82) is 0 Å². The summed E-state index contributed by atoms with van der Waals surface area (Å²) in [5, 5.41) is 0.